The maximum absolute atomic E-state index is 12.1. The van der Waals surface area contributed by atoms with Gasteiger partial charge in [-0.25, -0.2) is 4.98 Å². The van der Waals surface area contributed by atoms with Crippen molar-refractivity contribution >= 4 is 5.91 Å². The van der Waals surface area contributed by atoms with Crippen molar-refractivity contribution < 1.29 is 4.79 Å². The molecule has 92 valence electrons. The molecule has 3 rings (SSSR count). The maximum atomic E-state index is 12.1. The zero-order chi connectivity index (χ0) is 11.8. The lowest BCUT2D eigenvalue weighted by atomic mass is 10.1. The molecule has 1 N–H and O–H groups in total. The maximum Gasteiger partial charge on any atom is 0.293 e. The van der Waals surface area contributed by atoms with E-state index in [1.807, 2.05) is 4.90 Å². The number of amides is 1. The summed E-state index contributed by atoms with van der Waals surface area (Å²) in [5.41, 5.74) is 0. The number of carbonyl (C=O) groups is 1. The lowest BCUT2D eigenvalue weighted by Crippen LogP contribution is -2.29. The number of nitrogens with one attached hydrogen (secondary N) is 1. The Morgan fingerprint density at radius 1 is 1.47 bits per heavy atom. The molecule has 0 aromatic carbocycles. The lowest BCUT2D eigenvalue weighted by Gasteiger charge is -2.13. The first kappa shape index (κ1) is 10.7. The van der Waals surface area contributed by atoms with E-state index in [1.54, 1.807) is 0 Å². The van der Waals surface area contributed by atoms with Crippen molar-refractivity contribution in [3.05, 3.63) is 11.6 Å². The van der Waals surface area contributed by atoms with Gasteiger partial charge < -0.3 is 4.90 Å². The van der Waals surface area contributed by atoms with Gasteiger partial charge in [0.1, 0.15) is 5.82 Å². The Morgan fingerprint density at radius 2 is 2.29 bits per heavy atom. The Kier molecular flexibility index (Phi) is 2.61. The molecule has 2 aliphatic rings. The number of H-pyrrole nitrogens is 1. The molecular weight excluding hydrogens is 216 g/mol. The van der Waals surface area contributed by atoms with Crippen molar-refractivity contribution in [2.75, 3.05) is 13.1 Å². The highest BCUT2D eigenvalue weighted by Crippen LogP contribution is 2.37. The van der Waals surface area contributed by atoms with E-state index < -0.39 is 0 Å². The van der Waals surface area contributed by atoms with E-state index in [0.29, 0.717) is 17.7 Å². The fourth-order valence-electron chi connectivity index (χ4n) is 2.40. The molecule has 1 aliphatic heterocycles. The van der Waals surface area contributed by atoms with Gasteiger partial charge in [-0.05, 0) is 25.2 Å². The Labute approximate surface area is 101 Å². The van der Waals surface area contributed by atoms with Gasteiger partial charge in [-0.15, -0.1) is 5.10 Å². The quantitative estimate of drug-likeness (QED) is 0.863. The van der Waals surface area contributed by atoms with Crippen LogP contribution in [0.25, 0.3) is 0 Å². The second-order valence-corrected chi connectivity index (χ2v) is 5.13. The van der Waals surface area contributed by atoms with Crippen LogP contribution in [0, 0.1) is 5.92 Å². The molecule has 1 aliphatic carbocycles. The van der Waals surface area contributed by atoms with Gasteiger partial charge in [0.05, 0.1) is 0 Å². The molecular formula is C12H18N4O. The molecule has 0 radical (unpaired) electrons. The fourth-order valence-corrected chi connectivity index (χ4v) is 2.40. The highest BCUT2D eigenvalue weighted by molar-refractivity contribution is 5.90. The van der Waals surface area contributed by atoms with Crippen LogP contribution in [0.15, 0.2) is 0 Å². The van der Waals surface area contributed by atoms with E-state index in [-0.39, 0.29) is 5.91 Å². The van der Waals surface area contributed by atoms with Crippen LogP contribution in [0.1, 0.15) is 55.0 Å². The van der Waals surface area contributed by atoms with E-state index in [2.05, 4.69) is 22.1 Å². The minimum atomic E-state index is -0.0101. The van der Waals surface area contributed by atoms with Gasteiger partial charge in [-0.1, -0.05) is 13.3 Å². The second-order valence-electron chi connectivity index (χ2n) is 5.13. The number of carbonyl (C=O) groups excluding carboxylic acids is 1. The zero-order valence-electron chi connectivity index (χ0n) is 10.1. The first-order chi connectivity index (χ1) is 8.28. The molecule has 17 heavy (non-hydrogen) atoms. The molecule has 1 saturated heterocycles. The average molecular weight is 234 g/mol. The summed E-state index contributed by atoms with van der Waals surface area (Å²) in [7, 11) is 0. The van der Waals surface area contributed by atoms with Crippen LogP contribution in [0.3, 0.4) is 0 Å². The summed E-state index contributed by atoms with van der Waals surface area (Å²) in [5.74, 6) is 2.40. The average Bonchev–Trinajstić information content (AvgIpc) is 2.93. The van der Waals surface area contributed by atoms with E-state index in [4.69, 9.17) is 0 Å². The van der Waals surface area contributed by atoms with Crippen molar-refractivity contribution in [2.45, 2.75) is 38.5 Å². The van der Waals surface area contributed by atoms with Gasteiger partial charge in [-0.2, -0.15) is 0 Å². The fraction of sp³-hybridized carbons (Fsp3) is 0.750. The van der Waals surface area contributed by atoms with Crippen molar-refractivity contribution in [1.29, 1.82) is 0 Å². The summed E-state index contributed by atoms with van der Waals surface area (Å²) < 4.78 is 0. The highest BCUT2D eigenvalue weighted by Gasteiger charge is 2.31. The normalized spacial score (nSPS) is 24.3. The third-order valence-corrected chi connectivity index (χ3v) is 3.81. The molecule has 2 fully saturated rings. The molecule has 1 atom stereocenters. The van der Waals surface area contributed by atoms with Crippen LogP contribution < -0.4 is 0 Å². The highest BCUT2D eigenvalue weighted by atomic mass is 16.2. The van der Waals surface area contributed by atoms with E-state index in [1.165, 1.54) is 12.8 Å². The molecule has 2 heterocycles. The largest absolute Gasteiger partial charge is 0.336 e. The first-order valence-electron chi connectivity index (χ1n) is 6.49. The summed E-state index contributed by atoms with van der Waals surface area (Å²) in [4.78, 5) is 18.3. The van der Waals surface area contributed by atoms with Gasteiger partial charge in [0.2, 0.25) is 5.82 Å². The minimum absolute atomic E-state index is 0.0101. The molecule has 1 unspecified atom stereocenters. The molecule has 1 aromatic rings. The van der Waals surface area contributed by atoms with E-state index >= 15 is 0 Å². The van der Waals surface area contributed by atoms with Gasteiger partial charge in [-0.3, -0.25) is 9.89 Å². The summed E-state index contributed by atoms with van der Waals surface area (Å²) in [6, 6.07) is 0. The van der Waals surface area contributed by atoms with Crippen LogP contribution in [-0.4, -0.2) is 39.1 Å². The number of aromatic amines is 1. The molecule has 5 heteroatoms. The predicted molar refractivity (Wildman–Crippen MR) is 62.7 cm³/mol. The molecule has 5 nitrogen and oxygen atoms in total. The smallest absolute Gasteiger partial charge is 0.293 e. The summed E-state index contributed by atoms with van der Waals surface area (Å²) in [5, 5.41) is 6.93. The van der Waals surface area contributed by atoms with Crippen LogP contribution in [-0.2, 0) is 0 Å². The Bertz CT molecular complexity index is 424. The lowest BCUT2D eigenvalue weighted by molar-refractivity contribution is 0.0775. The number of hydrogen-bond acceptors (Lipinski definition) is 3. The molecule has 1 saturated carbocycles. The number of rotatable bonds is 3. The number of likely N-dealkylation sites (tertiary alicyclic amines) is 1. The molecule has 0 bridgehead atoms. The van der Waals surface area contributed by atoms with Gasteiger partial charge in [0, 0.05) is 19.0 Å². The Morgan fingerprint density at radius 3 is 2.94 bits per heavy atom. The number of aromatic nitrogens is 3. The van der Waals surface area contributed by atoms with E-state index in [0.717, 1.165) is 31.8 Å². The van der Waals surface area contributed by atoms with Crippen molar-refractivity contribution in [3.63, 3.8) is 0 Å². The molecule has 1 amide bonds. The number of hydrogen-bond donors (Lipinski definition) is 1. The van der Waals surface area contributed by atoms with Gasteiger partial charge in [0.15, 0.2) is 0 Å². The van der Waals surface area contributed by atoms with Crippen molar-refractivity contribution in [3.8, 4) is 0 Å². The summed E-state index contributed by atoms with van der Waals surface area (Å²) in [6.07, 6.45) is 4.60. The monoisotopic (exact) mass is 234 g/mol. The summed E-state index contributed by atoms with van der Waals surface area (Å²) in [6.45, 7) is 3.89. The predicted octanol–water partition coefficient (Wildman–Crippen LogP) is 1.55. The molecule has 1 aromatic heterocycles. The van der Waals surface area contributed by atoms with Crippen molar-refractivity contribution in [2.24, 2.45) is 5.92 Å². The Balaban J connectivity index is 1.68. The van der Waals surface area contributed by atoms with Gasteiger partial charge >= 0.3 is 0 Å². The minimum Gasteiger partial charge on any atom is -0.336 e. The molecule has 0 spiro atoms. The van der Waals surface area contributed by atoms with Gasteiger partial charge in [0.25, 0.3) is 5.91 Å². The first-order valence-corrected chi connectivity index (χ1v) is 6.49. The summed E-state index contributed by atoms with van der Waals surface area (Å²) >= 11 is 0. The van der Waals surface area contributed by atoms with Crippen LogP contribution in [0.5, 0.6) is 0 Å². The Hall–Kier alpha value is -1.39. The second kappa shape index (κ2) is 4.13. The van der Waals surface area contributed by atoms with Crippen LogP contribution in [0.4, 0.5) is 0 Å². The topological polar surface area (TPSA) is 61.9 Å². The van der Waals surface area contributed by atoms with Crippen LogP contribution >= 0.6 is 0 Å². The van der Waals surface area contributed by atoms with Crippen molar-refractivity contribution in [1.82, 2.24) is 20.1 Å². The third-order valence-electron chi connectivity index (χ3n) is 3.81. The standard InChI is InChI=1S/C12H18N4O/c1-2-8-5-6-16(7-8)12(17)11-13-10(14-15-11)9-3-4-9/h8-9H,2-7H2,1H3,(H,13,14,15). The van der Waals surface area contributed by atoms with E-state index in [9.17, 15) is 4.79 Å². The third kappa shape index (κ3) is 2.06. The SMILES string of the molecule is CCC1CCN(C(=O)c2n[nH]c(C3CC3)n2)C1. The number of nitrogens with zero attached hydrogens (tertiary/aromatic N) is 3. The van der Waals surface area contributed by atoms with Crippen LogP contribution in [0.2, 0.25) is 0 Å². The zero-order valence-corrected chi connectivity index (χ0v) is 10.1.